The first kappa shape index (κ1) is 10.6. The largest absolute Gasteiger partial charge is 0.352 e. The summed E-state index contributed by atoms with van der Waals surface area (Å²) in [6.45, 7) is 2.78. The van der Waals surface area contributed by atoms with E-state index in [0.29, 0.717) is 5.33 Å². The van der Waals surface area contributed by atoms with E-state index in [-0.39, 0.29) is 6.10 Å². The molecule has 0 aromatic heterocycles. The van der Waals surface area contributed by atoms with Crippen LogP contribution in [0.15, 0.2) is 0 Å². The van der Waals surface area contributed by atoms with Crippen molar-refractivity contribution >= 4 is 23.5 Å². The van der Waals surface area contributed by atoms with Crippen LogP contribution in [0.5, 0.6) is 0 Å². The zero-order valence-corrected chi connectivity index (χ0v) is 8.26. The van der Waals surface area contributed by atoms with E-state index in [9.17, 15) is 4.57 Å². The van der Waals surface area contributed by atoms with Gasteiger partial charge < -0.3 is 4.89 Å². The molecule has 0 fully saturated rings. The second kappa shape index (κ2) is 4.46. The van der Waals surface area contributed by atoms with Crippen LogP contribution in [0, 0.1) is 0 Å². The number of alkyl halides is 1. The summed E-state index contributed by atoms with van der Waals surface area (Å²) in [5.74, 6) is 0. The van der Waals surface area contributed by atoms with Crippen LogP contribution in [-0.4, -0.2) is 23.0 Å². The molecule has 0 radical (unpaired) electrons. The lowest BCUT2D eigenvalue weighted by atomic mass is 10.5. The minimum atomic E-state index is -3.48. The van der Waals surface area contributed by atoms with E-state index in [1.54, 1.807) is 6.92 Å². The zero-order chi connectivity index (χ0) is 8.20. The standard InChI is InChI=1S/C4H10BrO4P/c1-4(3-5)8-9-10(2,6)7/h4H,3H2,1-2H3,(H,6,7). The Morgan fingerprint density at radius 2 is 2.30 bits per heavy atom. The minimum Gasteiger partial charge on any atom is -0.323 e. The van der Waals surface area contributed by atoms with Gasteiger partial charge >= 0.3 is 7.60 Å². The van der Waals surface area contributed by atoms with E-state index in [2.05, 4.69) is 25.5 Å². The Hall–Kier alpha value is 0.590. The van der Waals surface area contributed by atoms with Gasteiger partial charge in [-0.25, -0.2) is 4.89 Å². The van der Waals surface area contributed by atoms with Gasteiger partial charge in [-0.3, -0.25) is 4.57 Å². The van der Waals surface area contributed by atoms with Crippen LogP contribution in [0.25, 0.3) is 0 Å². The predicted molar refractivity (Wildman–Crippen MR) is 41.2 cm³/mol. The number of rotatable bonds is 4. The molecule has 0 rings (SSSR count). The minimum absolute atomic E-state index is 0.222. The summed E-state index contributed by atoms with van der Waals surface area (Å²) in [5, 5.41) is 0.563. The highest BCUT2D eigenvalue weighted by Crippen LogP contribution is 2.37. The molecule has 0 aromatic carbocycles. The van der Waals surface area contributed by atoms with Gasteiger partial charge in [0.15, 0.2) is 0 Å². The fourth-order valence-corrected chi connectivity index (χ4v) is 0.594. The number of hydrogen-bond donors (Lipinski definition) is 1. The Kier molecular flexibility index (Phi) is 4.73. The number of hydrogen-bond acceptors (Lipinski definition) is 3. The van der Waals surface area contributed by atoms with Gasteiger partial charge in [0.25, 0.3) is 0 Å². The van der Waals surface area contributed by atoms with Crippen molar-refractivity contribution in [3.05, 3.63) is 0 Å². The SMILES string of the molecule is CC(CBr)OOP(C)(=O)O. The summed E-state index contributed by atoms with van der Waals surface area (Å²) in [4.78, 5) is 13.1. The Morgan fingerprint density at radius 1 is 1.80 bits per heavy atom. The van der Waals surface area contributed by atoms with Crippen LogP contribution >= 0.6 is 23.5 Å². The smallest absolute Gasteiger partial charge is 0.323 e. The van der Waals surface area contributed by atoms with Gasteiger partial charge in [0.2, 0.25) is 0 Å². The molecule has 62 valence electrons. The molecule has 1 N–H and O–H groups in total. The quantitative estimate of drug-likeness (QED) is 0.346. The van der Waals surface area contributed by atoms with Gasteiger partial charge in [-0.15, -0.1) is 4.67 Å². The van der Waals surface area contributed by atoms with Crippen molar-refractivity contribution in [1.82, 2.24) is 0 Å². The summed E-state index contributed by atoms with van der Waals surface area (Å²) in [6, 6.07) is 0. The summed E-state index contributed by atoms with van der Waals surface area (Å²) >= 11 is 3.11. The third kappa shape index (κ3) is 6.71. The van der Waals surface area contributed by atoms with Gasteiger partial charge in [0.05, 0.1) is 0 Å². The average molecular weight is 233 g/mol. The molecule has 0 heterocycles. The molecule has 0 saturated heterocycles. The zero-order valence-electron chi connectivity index (χ0n) is 5.78. The fraction of sp³-hybridized carbons (Fsp3) is 1.00. The molecular weight excluding hydrogens is 223 g/mol. The van der Waals surface area contributed by atoms with Crippen LogP contribution in [0.4, 0.5) is 0 Å². The van der Waals surface area contributed by atoms with E-state index < -0.39 is 7.60 Å². The van der Waals surface area contributed by atoms with Crippen molar-refractivity contribution in [2.75, 3.05) is 12.0 Å². The second-order valence-electron chi connectivity index (χ2n) is 1.94. The Bertz CT molecular complexity index is 133. The highest BCUT2D eigenvalue weighted by molar-refractivity contribution is 9.09. The van der Waals surface area contributed by atoms with Crippen molar-refractivity contribution < 1.29 is 19.0 Å². The molecule has 0 bridgehead atoms. The van der Waals surface area contributed by atoms with Crippen molar-refractivity contribution in [2.24, 2.45) is 0 Å². The molecular formula is C4H10BrO4P. The van der Waals surface area contributed by atoms with Gasteiger partial charge in [-0.2, -0.15) is 0 Å². The van der Waals surface area contributed by atoms with Gasteiger partial charge in [-0.05, 0) is 6.92 Å². The highest BCUT2D eigenvalue weighted by Gasteiger charge is 2.13. The maximum Gasteiger partial charge on any atom is 0.352 e. The van der Waals surface area contributed by atoms with Crippen LogP contribution in [-0.2, 0) is 14.1 Å². The van der Waals surface area contributed by atoms with E-state index in [0.717, 1.165) is 6.66 Å². The first-order valence-electron chi connectivity index (χ1n) is 2.67. The monoisotopic (exact) mass is 232 g/mol. The first-order chi connectivity index (χ1) is 4.45. The molecule has 0 aliphatic heterocycles. The van der Waals surface area contributed by atoms with Gasteiger partial charge in [0, 0.05) is 12.0 Å². The average Bonchev–Trinajstić information content (AvgIpc) is 1.81. The summed E-state index contributed by atoms with van der Waals surface area (Å²) in [7, 11) is -3.48. The third-order valence-corrected chi connectivity index (χ3v) is 1.84. The van der Waals surface area contributed by atoms with Crippen LogP contribution < -0.4 is 0 Å². The van der Waals surface area contributed by atoms with E-state index >= 15 is 0 Å². The highest BCUT2D eigenvalue weighted by atomic mass is 79.9. The molecule has 4 nitrogen and oxygen atoms in total. The third-order valence-electron chi connectivity index (χ3n) is 0.563. The van der Waals surface area contributed by atoms with Crippen molar-refractivity contribution in [3.8, 4) is 0 Å². The lowest BCUT2D eigenvalue weighted by Crippen LogP contribution is -2.08. The second-order valence-corrected chi connectivity index (χ2v) is 4.34. The molecule has 0 spiro atoms. The molecule has 0 saturated carbocycles. The number of halogens is 1. The lowest BCUT2D eigenvalue weighted by molar-refractivity contribution is -0.238. The van der Waals surface area contributed by atoms with Crippen molar-refractivity contribution in [3.63, 3.8) is 0 Å². The van der Waals surface area contributed by atoms with E-state index in [4.69, 9.17) is 4.89 Å². The molecule has 10 heavy (non-hydrogen) atoms. The Morgan fingerprint density at radius 3 is 2.60 bits per heavy atom. The summed E-state index contributed by atoms with van der Waals surface area (Å²) in [6.07, 6.45) is -0.222. The fourth-order valence-electron chi connectivity index (χ4n) is 0.179. The topological polar surface area (TPSA) is 55.8 Å². The predicted octanol–water partition coefficient (Wildman–Crippen LogP) is 1.53. The Balaban J connectivity index is 3.46. The van der Waals surface area contributed by atoms with Crippen LogP contribution in [0.3, 0.4) is 0 Å². The van der Waals surface area contributed by atoms with E-state index in [1.165, 1.54) is 0 Å². The molecule has 0 aromatic rings. The lowest BCUT2D eigenvalue weighted by Gasteiger charge is -2.09. The molecule has 0 aliphatic rings. The molecule has 2 atom stereocenters. The van der Waals surface area contributed by atoms with Crippen molar-refractivity contribution in [2.45, 2.75) is 13.0 Å². The summed E-state index contributed by atoms with van der Waals surface area (Å²) in [5.41, 5.74) is 0. The van der Waals surface area contributed by atoms with Crippen LogP contribution in [0.1, 0.15) is 6.92 Å². The first-order valence-corrected chi connectivity index (χ1v) is 5.81. The van der Waals surface area contributed by atoms with Crippen molar-refractivity contribution in [1.29, 1.82) is 0 Å². The van der Waals surface area contributed by atoms with Gasteiger partial charge in [-0.1, -0.05) is 15.9 Å². The molecule has 2 unspecified atom stereocenters. The normalized spacial score (nSPS) is 20.0. The van der Waals surface area contributed by atoms with Gasteiger partial charge in [0.1, 0.15) is 6.10 Å². The van der Waals surface area contributed by atoms with Crippen LogP contribution in [0.2, 0.25) is 0 Å². The molecule has 0 aliphatic carbocycles. The Labute approximate surface area is 68.1 Å². The van der Waals surface area contributed by atoms with E-state index in [1.807, 2.05) is 0 Å². The maximum absolute atomic E-state index is 10.4. The molecule has 6 heteroatoms. The maximum atomic E-state index is 10.4. The molecule has 0 amide bonds. The summed E-state index contributed by atoms with van der Waals surface area (Å²) < 4.78 is 14.6.